The maximum absolute atomic E-state index is 2.52. The van der Waals surface area contributed by atoms with E-state index in [1.165, 1.54) is 52.7 Å². The third-order valence-electron chi connectivity index (χ3n) is 6.69. The molecule has 0 bridgehead atoms. The summed E-state index contributed by atoms with van der Waals surface area (Å²) in [7, 11) is 0. The van der Waals surface area contributed by atoms with Crippen molar-refractivity contribution in [3.8, 4) is 11.1 Å². The van der Waals surface area contributed by atoms with Crippen LogP contribution in [0, 0.1) is 23.7 Å². The van der Waals surface area contributed by atoms with Crippen LogP contribution in [0.2, 0.25) is 0 Å². The second kappa shape index (κ2) is 9.69. The second-order valence-electron chi connectivity index (χ2n) is 8.60. The van der Waals surface area contributed by atoms with Gasteiger partial charge in [-0.3, -0.25) is 0 Å². The molecule has 4 aliphatic rings. The van der Waals surface area contributed by atoms with E-state index in [1.807, 2.05) is 27.7 Å². The zero-order valence-corrected chi connectivity index (χ0v) is 19.5. The largest absolute Gasteiger partial charge is 0.0836 e. The summed E-state index contributed by atoms with van der Waals surface area (Å²) < 4.78 is 0. The van der Waals surface area contributed by atoms with Crippen molar-refractivity contribution >= 4 is 11.1 Å². The SMILES string of the molecule is C1=CC2CC2C(c2cc(C3=CC4CC4CC=C3)cc(-c3ccccc3)c2)=C1.CC.CC. The third-order valence-corrected chi connectivity index (χ3v) is 6.69. The summed E-state index contributed by atoms with van der Waals surface area (Å²) in [6.07, 6.45) is 18.2. The van der Waals surface area contributed by atoms with Crippen LogP contribution in [-0.2, 0) is 0 Å². The predicted octanol–water partition coefficient (Wildman–Crippen LogP) is 8.97. The van der Waals surface area contributed by atoms with Crippen molar-refractivity contribution in [2.45, 2.75) is 47.0 Å². The molecule has 0 N–H and O–H groups in total. The highest BCUT2D eigenvalue weighted by Gasteiger charge is 2.39. The number of hydrogen-bond acceptors (Lipinski definition) is 0. The lowest BCUT2D eigenvalue weighted by atomic mass is 9.89. The molecule has 0 heteroatoms. The third kappa shape index (κ3) is 4.69. The van der Waals surface area contributed by atoms with Gasteiger partial charge in [-0.1, -0.05) is 94.5 Å². The predicted molar refractivity (Wildman–Crippen MR) is 137 cm³/mol. The van der Waals surface area contributed by atoms with E-state index in [0.29, 0.717) is 0 Å². The van der Waals surface area contributed by atoms with Gasteiger partial charge in [-0.15, -0.1) is 0 Å². The van der Waals surface area contributed by atoms with Crippen molar-refractivity contribution < 1.29 is 0 Å². The summed E-state index contributed by atoms with van der Waals surface area (Å²) in [5.74, 6) is 3.20. The average molecular weight is 409 g/mol. The lowest BCUT2D eigenvalue weighted by molar-refractivity contribution is 0.813. The maximum Gasteiger partial charge on any atom is -0.00869 e. The van der Waals surface area contributed by atoms with Gasteiger partial charge >= 0.3 is 0 Å². The van der Waals surface area contributed by atoms with Crippen LogP contribution >= 0.6 is 0 Å². The van der Waals surface area contributed by atoms with Crippen LogP contribution < -0.4 is 0 Å². The summed E-state index contributed by atoms with van der Waals surface area (Å²) >= 11 is 0. The van der Waals surface area contributed by atoms with Gasteiger partial charge in [0.25, 0.3) is 0 Å². The molecule has 0 amide bonds. The summed E-state index contributed by atoms with van der Waals surface area (Å²) in [6.45, 7) is 8.00. The van der Waals surface area contributed by atoms with Gasteiger partial charge in [0.1, 0.15) is 0 Å². The molecule has 4 unspecified atom stereocenters. The molecule has 0 spiro atoms. The second-order valence-corrected chi connectivity index (χ2v) is 8.60. The number of benzene rings is 2. The molecule has 2 fully saturated rings. The Bertz CT molecular complexity index is 1020. The first-order valence-electron chi connectivity index (χ1n) is 12.3. The molecule has 6 rings (SSSR count). The van der Waals surface area contributed by atoms with Gasteiger partial charge < -0.3 is 0 Å². The Balaban J connectivity index is 0.000000549. The lowest BCUT2D eigenvalue weighted by Gasteiger charge is -2.15. The molecule has 0 aliphatic heterocycles. The van der Waals surface area contributed by atoms with E-state index in [4.69, 9.17) is 0 Å². The molecule has 2 aromatic rings. The Morgan fingerprint density at radius 1 is 0.742 bits per heavy atom. The normalized spacial score (nSPS) is 26.5. The number of hydrogen-bond donors (Lipinski definition) is 0. The first-order chi connectivity index (χ1) is 15.3. The first kappa shape index (κ1) is 21.6. The minimum absolute atomic E-state index is 0.736. The van der Waals surface area contributed by atoms with Gasteiger partial charge in [-0.25, -0.2) is 0 Å². The first-order valence-corrected chi connectivity index (χ1v) is 12.3. The molecular weight excluding hydrogens is 372 g/mol. The Morgan fingerprint density at radius 3 is 2.29 bits per heavy atom. The maximum atomic E-state index is 2.52. The van der Waals surface area contributed by atoms with Crippen molar-refractivity contribution in [2.75, 3.05) is 0 Å². The van der Waals surface area contributed by atoms with Crippen LogP contribution in [0.25, 0.3) is 22.3 Å². The van der Waals surface area contributed by atoms with Crippen LogP contribution in [0.4, 0.5) is 0 Å². The van der Waals surface area contributed by atoms with Crippen LogP contribution in [-0.4, -0.2) is 0 Å². The molecule has 2 aromatic carbocycles. The molecular formula is C31H36. The Hall–Kier alpha value is -2.60. The van der Waals surface area contributed by atoms with E-state index in [2.05, 4.69) is 85.0 Å². The lowest BCUT2D eigenvalue weighted by Crippen LogP contribution is -1.95. The molecule has 0 saturated heterocycles. The molecule has 2 saturated carbocycles. The van der Waals surface area contributed by atoms with Gasteiger partial charge in [0.2, 0.25) is 0 Å². The molecule has 31 heavy (non-hydrogen) atoms. The van der Waals surface area contributed by atoms with Crippen LogP contribution in [0.15, 0.2) is 85.0 Å². The number of fused-ring (bicyclic) bond motifs is 2. The monoisotopic (exact) mass is 408 g/mol. The average Bonchev–Trinajstić information content (AvgIpc) is 3.75. The molecule has 0 heterocycles. The summed E-state index contributed by atoms with van der Waals surface area (Å²) in [6, 6.07) is 18.1. The Labute approximate surface area is 189 Å². The van der Waals surface area contributed by atoms with Gasteiger partial charge in [0.15, 0.2) is 0 Å². The fourth-order valence-corrected chi connectivity index (χ4v) is 4.87. The standard InChI is InChI=1S/C27H24.2C2H6/c1-2-6-18(7-3-1)22-14-24(20-9-4-8-19-12-23(19)13-20)16-25(15-22)26-11-5-10-21-17-27(21)26;2*1-2/h1-7,9-11,13-16,19,21,23,27H,8,12,17H2;2*1-2H3. The van der Waals surface area contributed by atoms with Crippen molar-refractivity contribution in [1.82, 2.24) is 0 Å². The van der Waals surface area contributed by atoms with E-state index >= 15 is 0 Å². The molecule has 4 atom stereocenters. The van der Waals surface area contributed by atoms with Crippen molar-refractivity contribution in [3.63, 3.8) is 0 Å². The van der Waals surface area contributed by atoms with Crippen molar-refractivity contribution in [2.24, 2.45) is 23.7 Å². The number of allylic oxidation sites excluding steroid dienone is 8. The fraction of sp³-hybridized carbons (Fsp3) is 0.355. The molecule has 0 nitrogen and oxygen atoms in total. The van der Waals surface area contributed by atoms with Crippen LogP contribution in [0.5, 0.6) is 0 Å². The van der Waals surface area contributed by atoms with Gasteiger partial charge in [0.05, 0.1) is 0 Å². The molecule has 0 aromatic heterocycles. The van der Waals surface area contributed by atoms with Crippen molar-refractivity contribution in [3.05, 3.63) is 96.1 Å². The minimum Gasteiger partial charge on any atom is -0.0836 e. The summed E-state index contributed by atoms with van der Waals surface area (Å²) in [5, 5.41) is 0. The Kier molecular flexibility index (Phi) is 6.76. The van der Waals surface area contributed by atoms with E-state index < -0.39 is 0 Å². The highest BCUT2D eigenvalue weighted by Crippen LogP contribution is 2.52. The summed E-state index contributed by atoms with van der Waals surface area (Å²) in [5.41, 5.74) is 8.38. The van der Waals surface area contributed by atoms with Crippen LogP contribution in [0.1, 0.15) is 58.1 Å². The highest BCUT2D eigenvalue weighted by atomic mass is 14.4. The molecule has 0 radical (unpaired) electrons. The molecule has 4 aliphatic carbocycles. The Morgan fingerprint density at radius 2 is 1.48 bits per heavy atom. The molecule has 160 valence electrons. The minimum atomic E-state index is 0.736. The quantitative estimate of drug-likeness (QED) is 0.475. The van der Waals surface area contributed by atoms with E-state index in [1.54, 1.807) is 0 Å². The van der Waals surface area contributed by atoms with E-state index in [-0.39, 0.29) is 0 Å². The van der Waals surface area contributed by atoms with E-state index in [0.717, 1.165) is 23.7 Å². The van der Waals surface area contributed by atoms with Crippen LogP contribution in [0.3, 0.4) is 0 Å². The topological polar surface area (TPSA) is 0 Å². The van der Waals surface area contributed by atoms with Gasteiger partial charge in [0, 0.05) is 0 Å². The zero-order chi connectivity index (χ0) is 21.8. The number of rotatable bonds is 3. The highest BCUT2D eigenvalue weighted by molar-refractivity contribution is 5.84. The zero-order valence-electron chi connectivity index (χ0n) is 19.5. The van der Waals surface area contributed by atoms with Gasteiger partial charge in [-0.05, 0) is 94.5 Å². The van der Waals surface area contributed by atoms with Gasteiger partial charge in [-0.2, -0.15) is 0 Å². The van der Waals surface area contributed by atoms with E-state index in [9.17, 15) is 0 Å². The summed E-state index contributed by atoms with van der Waals surface area (Å²) in [4.78, 5) is 0. The van der Waals surface area contributed by atoms with Crippen molar-refractivity contribution in [1.29, 1.82) is 0 Å². The smallest absolute Gasteiger partial charge is 0.00869 e. The fourth-order valence-electron chi connectivity index (χ4n) is 4.87.